The number of rotatable bonds is 6. The van der Waals surface area contributed by atoms with Crippen LogP contribution in [0.5, 0.6) is 5.75 Å². The summed E-state index contributed by atoms with van der Waals surface area (Å²) in [5, 5.41) is 3.23. The lowest BCUT2D eigenvalue weighted by atomic mass is 10.2. The molecule has 0 saturated heterocycles. The van der Waals surface area contributed by atoms with Crippen LogP contribution in [0.25, 0.3) is 0 Å². The molecule has 1 aromatic carbocycles. The Hall–Kier alpha value is -1.05. The van der Waals surface area contributed by atoms with E-state index >= 15 is 0 Å². The van der Waals surface area contributed by atoms with E-state index < -0.39 is 0 Å². The highest BCUT2D eigenvalue weighted by Crippen LogP contribution is 2.17. The largest absolute Gasteiger partial charge is 0.494 e. The smallest absolute Gasteiger partial charge is 0.193 e. The molecule has 0 aliphatic carbocycles. The highest BCUT2D eigenvalue weighted by molar-refractivity contribution is 14.0. The topological polar surface area (TPSA) is 36.9 Å². The predicted octanol–water partition coefficient (Wildman–Crippen LogP) is 3.26. The van der Waals surface area contributed by atoms with Crippen LogP contribution in [0.1, 0.15) is 25.3 Å². The second-order valence-electron chi connectivity index (χ2n) is 4.64. The van der Waals surface area contributed by atoms with E-state index in [4.69, 9.17) is 4.74 Å². The Kier molecular flexibility index (Phi) is 10.1. The first kappa shape index (κ1) is 19.9. The van der Waals surface area contributed by atoms with Gasteiger partial charge < -0.3 is 15.0 Å². The van der Waals surface area contributed by atoms with E-state index in [0.29, 0.717) is 6.54 Å². The molecule has 0 heterocycles. The van der Waals surface area contributed by atoms with Crippen LogP contribution in [0.2, 0.25) is 0 Å². The number of unbranched alkanes of at least 4 members (excludes halogenated alkanes) is 1. The van der Waals surface area contributed by atoms with Gasteiger partial charge in [-0.1, -0.05) is 19.4 Å². The molecule has 1 rings (SSSR count). The summed E-state index contributed by atoms with van der Waals surface area (Å²) in [7, 11) is 5.21. The summed E-state index contributed by atoms with van der Waals surface area (Å²) >= 11 is 0. The van der Waals surface area contributed by atoms with Crippen molar-refractivity contribution in [1.82, 2.24) is 10.2 Å². The third-order valence-electron chi connectivity index (χ3n) is 3.09. The number of nitrogens with one attached hydrogen (secondary N) is 1. The van der Waals surface area contributed by atoms with Gasteiger partial charge in [0.25, 0.3) is 0 Å². The number of hydrogen-bond donors (Lipinski definition) is 1. The van der Waals surface area contributed by atoms with Crippen LogP contribution in [-0.2, 0) is 6.54 Å². The average molecular weight is 409 g/mol. The molecule has 0 fully saturated rings. The van der Waals surface area contributed by atoms with Crippen molar-refractivity contribution in [3.8, 4) is 5.75 Å². The Morgan fingerprint density at radius 1 is 1.43 bits per heavy atom. The van der Waals surface area contributed by atoms with Crippen LogP contribution < -0.4 is 10.1 Å². The fraction of sp³-hybridized carbons (Fsp3) is 0.533. The average Bonchev–Trinajstić information content (AvgIpc) is 2.45. The summed E-state index contributed by atoms with van der Waals surface area (Å²) in [4.78, 5) is 6.30. The first-order valence-electron chi connectivity index (χ1n) is 6.86. The second kappa shape index (κ2) is 10.6. The highest BCUT2D eigenvalue weighted by atomic mass is 127. The summed E-state index contributed by atoms with van der Waals surface area (Å²) in [5.74, 6) is 0.731. The number of guanidine groups is 1. The fourth-order valence-electron chi connectivity index (χ4n) is 1.89. The molecule has 0 aliphatic heterocycles. The minimum Gasteiger partial charge on any atom is -0.494 e. The normalized spacial score (nSPS) is 10.8. The maximum Gasteiger partial charge on any atom is 0.193 e. The predicted molar refractivity (Wildman–Crippen MR) is 96.1 cm³/mol. The Bertz CT molecular complexity index is 455. The highest BCUT2D eigenvalue weighted by Gasteiger charge is 2.07. The first-order chi connectivity index (χ1) is 9.62. The van der Waals surface area contributed by atoms with Crippen LogP contribution in [0.4, 0.5) is 4.39 Å². The first-order valence-corrected chi connectivity index (χ1v) is 6.86. The molecule has 0 unspecified atom stereocenters. The van der Waals surface area contributed by atoms with E-state index in [9.17, 15) is 4.39 Å². The van der Waals surface area contributed by atoms with E-state index in [1.54, 1.807) is 13.1 Å². The third kappa shape index (κ3) is 6.50. The number of methoxy groups -OCH3 is 1. The van der Waals surface area contributed by atoms with Gasteiger partial charge in [0.1, 0.15) is 0 Å². The van der Waals surface area contributed by atoms with Crippen molar-refractivity contribution in [2.24, 2.45) is 4.99 Å². The maximum atomic E-state index is 13.6. The maximum absolute atomic E-state index is 13.6. The van der Waals surface area contributed by atoms with Gasteiger partial charge in [-0.25, -0.2) is 4.39 Å². The fourth-order valence-corrected chi connectivity index (χ4v) is 1.89. The zero-order valence-corrected chi connectivity index (χ0v) is 15.5. The van der Waals surface area contributed by atoms with Crippen molar-refractivity contribution in [2.45, 2.75) is 26.3 Å². The van der Waals surface area contributed by atoms with Crippen LogP contribution >= 0.6 is 24.0 Å². The quantitative estimate of drug-likeness (QED) is 0.445. The van der Waals surface area contributed by atoms with Crippen LogP contribution in [-0.4, -0.2) is 38.6 Å². The SMILES string of the molecule is CCCCN(C)C(=NC)NCc1ccc(OC)c(F)c1.I. The van der Waals surface area contributed by atoms with E-state index in [-0.39, 0.29) is 35.5 Å². The second-order valence-corrected chi connectivity index (χ2v) is 4.64. The zero-order chi connectivity index (χ0) is 15.0. The molecule has 0 saturated carbocycles. The Labute approximate surface area is 143 Å². The molecule has 21 heavy (non-hydrogen) atoms. The molecule has 0 aromatic heterocycles. The third-order valence-corrected chi connectivity index (χ3v) is 3.09. The van der Waals surface area contributed by atoms with Crippen molar-refractivity contribution in [3.63, 3.8) is 0 Å². The van der Waals surface area contributed by atoms with Crippen molar-refractivity contribution in [1.29, 1.82) is 0 Å². The summed E-state index contributed by atoms with van der Waals surface area (Å²) in [6.07, 6.45) is 2.26. The number of aliphatic imine (C=N–C) groups is 1. The molecular formula is C15H25FIN3O. The van der Waals surface area contributed by atoms with Gasteiger partial charge in [-0.05, 0) is 24.1 Å². The number of halogens is 2. The number of nitrogens with zero attached hydrogens (tertiary/aromatic N) is 2. The molecule has 0 radical (unpaired) electrons. The Morgan fingerprint density at radius 3 is 2.67 bits per heavy atom. The monoisotopic (exact) mass is 409 g/mol. The van der Waals surface area contributed by atoms with E-state index in [1.807, 2.05) is 13.1 Å². The number of ether oxygens (including phenoxy) is 1. The number of benzene rings is 1. The van der Waals surface area contributed by atoms with Gasteiger partial charge in [0.15, 0.2) is 17.5 Å². The lowest BCUT2D eigenvalue weighted by Gasteiger charge is -2.21. The lowest BCUT2D eigenvalue weighted by molar-refractivity contribution is 0.386. The molecule has 1 N–H and O–H groups in total. The summed E-state index contributed by atoms with van der Waals surface area (Å²) in [6, 6.07) is 4.95. The standard InChI is InChI=1S/C15H24FN3O.HI/c1-5-6-9-19(3)15(17-2)18-11-12-7-8-14(20-4)13(16)10-12;/h7-8,10H,5-6,9,11H2,1-4H3,(H,17,18);1H. The summed E-state index contributed by atoms with van der Waals surface area (Å²) in [5.41, 5.74) is 0.855. The van der Waals surface area contributed by atoms with Gasteiger partial charge in [-0.2, -0.15) is 0 Å². The van der Waals surface area contributed by atoms with E-state index in [2.05, 4.69) is 22.1 Å². The molecule has 0 bridgehead atoms. The molecule has 4 nitrogen and oxygen atoms in total. The molecule has 6 heteroatoms. The van der Waals surface area contributed by atoms with Crippen LogP contribution in [0, 0.1) is 5.82 Å². The molecule has 120 valence electrons. The van der Waals surface area contributed by atoms with E-state index in [1.165, 1.54) is 13.2 Å². The summed E-state index contributed by atoms with van der Waals surface area (Å²) in [6.45, 7) is 3.64. The van der Waals surface area contributed by atoms with Gasteiger partial charge in [0.2, 0.25) is 0 Å². The molecule has 0 aliphatic rings. The van der Waals surface area contributed by atoms with E-state index in [0.717, 1.165) is 30.9 Å². The van der Waals surface area contributed by atoms with Crippen molar-refractivity contribution < 1.29 is 9.13 Å². The summed E-state index contributed by atoms with van der Waals surface area (Å²) < 4.78 is 18.5. The van der Waals surface area contributed by atoms with Crippen molar-refractivity contribution in [3.05, 3.63) is 29.6 Å². The Morgan fingerprint density at radius 2 is 2.14 bits per heavy atom. The van der Waals surface area contributed by atoms with Gasteiger partial charge in [0.05, 0.1) is 7.11 Å². The lowest BCUT2D eigenvalue weighted by Crippen LogP contribution is -2.38. The molecule has 1 aromatic rings. The Balaban J connectivity index is 0.00000400. The van der Waals surface area contributed by atoms with Crippen LogP contribution in [0.15, 0.2) is 23.2 Å². The van der Waals surface area contributed by atoms with Gasteiger partial charge >= 0.3 is 0 Å². The zero-order valence-electron chi connectivity index (χ0n) is 13.1. The molecular weight excluding hydrogens is 384 g/mol. The van der Waals surface area contributed by atoms with Crippen molar-refractivity contribution >= 4 is 29.9 Å². The van der Waals surface area contributed by atoms with Crippen LogP contribution in [0.3, 0.4) is 0 Å². The molecule has 0 spiro atoms. The van der Waals surface area contributed by atoms with Gasteiger partial charge in [-0.15, -0.1) is 24.0 Å². The minimum atomic E-state index is -0.346. The van der Waals surface area contributed by atoms with Gasteiger partial charge in [0, 0.05) is 27.2 Å². The van der Waals surface area contributed by atoms with Crippen molar-refractivity contribution in [2.75, 3.05) is 27.7 Å². The number of hydrogen-bond acceptors (Lipinski definition) is 2. The van der Waals surface area contributed by atoms with Gasteiger partial charge in [-0.3, -0.25) is 4.99 Å². The molecule has 0 amide bonds. The molecule has 0 atom stereocenters. The minimum absolute atomic E-state index is 0.